The molecular weight excluding hydrogens is 174 g/mol. The Morgan fingerprint density at radius 1 is 1.58 bits per heavy atom. The van der Waals surface area contributed by atoms with Crippen LogP contribution in [0.3, 0.4) is 0 Å². The Morgan fingerprint density at radius 2 is 2.25 bits per heavy atom. The summed E-state index contributed by atoms with van der Waals surface area (Å²) >= 11 is 0. The van der Waals surface area contributed by atoms with Crippen molar-refractivity contribution in [3.05, 3.63) is 0 Å². The van der Waals surface area contributed by atoms with Crippen LogP contribution in [0, 0.1) is 5.92 Å². The smallest absolute Gasteiger partial charge is 0.0139 e. The Hall–Kier alpha value is 0.170. The third-order valence-corrected chi connectivity index (χ3v) is 2.25. The van der Waals surface area contributed by atoms with Crippen LogP contribution in [0.5, 0.6) is 0 Å². The monoisotopic (exact) mass is 193 g/mol. The van der Waals surface area contributed by atoms with Crippen LogP contribution in [0.25, 0.3) is 0 Å². The molecule has 1 aliphatic rings. The molecule has 4 N–H and O–H groups in total. The average Bonchev–Trinajstić information content (AvgIpc) is 2.34. The van der Waals surface area contributed by atoms with Gasteiger partial charge in [0.2, 0.25) is 0 Å². The molecule has 0 radical (unpaired) electrons. The first kappa shape index (κ1) is 12.2. The lowest BCUT2D eigenvalue weighted by Gasteiger charge is -2.17. The molecule has 12 heavy (non-hydrogen) atoms. The van der Waals surface area contributed by atoms with Crippen LogP contribution < -0.4 is 11.5 Å². The van der Waals surface area contributed by atoms with Crippen molar-refractivity contribution in [1.29, 1.82) is 0 Å². The van der Waals surface area contributed by atoms with Crippen molar-refractivity contribution in [2.45, 2.75) is 19.4 Å². The second kappa shape index (κ2) is 5.75. The van der Waals surface area contributed by atoms with Crippen LogP contribution >= 0.6 is 12.4 Å². The van der Waals surface area contributed by atoms with Crippen molar-refractivity contribution in [3.8, 4) is 0 Å². The largest absolute Gasteiger partial charge is 0.330 e. The van der Waals surface area contributed by atoms with Gasteiger partial charge >= 0.3 is 0 Å². The Balaban J connectivity index is 0.00000121. The molecule has 1 fully saturated rings. The first-order valence-electron chi connectivity index (χ1n) is 4.40. The van der Waals surface area contributed by atoms with E-state index in [1.807, 2.05) is 0 Å². The van der Waals surface area contributed by atoms with Crippen molar-refractivity contribution in [2.24, 2.45) is 17.4 Å². The molecular formula is C8H20ClN3. The van der Waals surface area contributed by atoms with Crippen molar-refractivity contribution >= 4 is 12.4 Å². The Bertz CT molecular complexity index is 119. The first-order chi connectivity index (χ1) is 5.22. The average molecular weight is 194 g/mol. The van der Waals surface area contributed by atoms with Gasteiger partial charge in [0.05, 0.1) is 0 Å². The normalized spacial score (nSPS) is 26.8. The fraction of sp³-hybridized carbons (Fsp3) is 1.00. The minimum atomic E-state index is 0. The minimum absolute atomic E-state index is 0. The molecule has 0 bridgehead atoms. The molecule has 4 heteroatoms. The third-order valence-electron chi connectivity index (χ3n) is 2.25. The highest BCUT2D eigenvalue weighted by Gasteiger charge is 2.21. The van der Waals surface area contributed by atoms with Crippen molar-refractivity contribution < 1.29 is 0 Å². The number of halogens is 1. The predicted octanol–water partition coefficient (Wildman–Crippen LogP) is 0.0360. The molecule has 1 rings (SSSR count). The van der Waals surface area contributed by atoms with Crippen molar-refractivity contribution in [3.63, 3.8) is 0 Å². The van der Waals surface area contributed by atoms with Crippen LogP contribution in [0.15, 0.2) is 0 Å². The number of hydrogen-bond donors (Lipinski definition) is 2. The van der Waals surface area contributed by atoms with Crippen LogP contribution in [0.1, 0.15) is 13.3 Å². The molecule has 74 valence electrons. The standard InChI is InChI=1S/C8H19N3.ClH/c1-7(10)5-11-3-2-8(4-9)6-11;/h7-8H,2-6,9-10H2,1H3;1H. The van der Waals surface area contributed by atoms with Crippen LogP contribution in [-0.2, 0) is 0 Å². The molecule has 2 atom stereocenters. The summed E-state index contributed by atoms with van der Waals surface area (Å²) in [6.07, 6.45) is 1.25. The van der Waals surface area contributed by atoms with Gasteiger partial charge in [0.25, 0.3) is 0 Å². The Kier molecular flexibility index (Phi) is 5.84. The fourth-order valence-corrected chi connectivity index (χ4v) is 1.68. The zero-order valence-corrected chi connectivity index (χ0v) is 8.52. The van der Waals surface area contributed by atoms with Gasteiger partial charge in [-0.2, -0.15) is 0 Å². The highest BCUT2D eigenvalue weighted by molar-refractivity contribution is 5.85. The summed E-state index contributed by atoms with van der Waals surface area (Å²) in [5.41, 5.74) is 11.3. The summed E-state index contributed by atoms with van der Waals surface area (Å²) in [7, 11) is 0. The van der Waals surface area contributed by atoms with Crippen molar-refractivity contribution in [2.75, 3.05) is 26.2 Å². The van der Waals surface area contributed by atoms with Crippen LogP contribution in [-0.4, -0.2) is 37.1 Å². The number of rotatable bonds is 3. The summed E-state index contributed by atoms with van der Waals surface area (Å²) in [5.74, 6) is 0.716. The van der Waals surface area contributed by atoms with Gasteiger partial charge in [0.15, 0.2) is 0 Å². The van der Waals surface area contributed by atoms with Gasteiger partial charge in [0, 0.05) is 19.1 Å². The number of likely N-dealkylation sites (tertiary alicyclic amines) is 1. The van der Waals surface area contributed by atoms with E-state index in [1.54, 1.807) is 0 Å². The Morgan fingerprint density at radius 3 is 2.67 bits per heavy atom. The number of nitrogens with two attached hydrogens (primary N) is 2. The molecule has 0 aliphatic carbocycles. The van der Waals surface area contributed by atoms with E-state index in [9.17, 15) is 0 Å². The molecule has 0 saturated carbocycles. The lowest BCUT2D eigenvalue weighted by Crippen LogP contribution is -2.34. The van der Waals surface area contributed by atoms with Crippen LogP contribution in [0.4, 0.5) is 0 Å². The lowest BCUT2D eigenvalue weighted by molar-refractivity contribution is 0.309. The van der Waals surface area contributed by atoms with Crippen LogP contribution in [0.2, 0.25) is 0 Å². The second-order valence-corrected chi connectivity index (χ2v) is 3.63. The maximum atomic E-state index is 5.69. The summed E-state index contributed by atoms with van der Waals surface area (Å²) < 4.78 is 0. The quantitative estimate of drug-likeness (QED) is 0.666. The topological polar surface area (TPSA) is 55.3 Å². The number of nitrogens with zero attached hydrogens (tertiary/aromatic N) is 1. The molecule has 0 amide bonds. The first-order valence-corrected chi connectivity index (χ1v) is 4.40. The summed E-state index contributed by atoms with van der Waals surface area (Å²) in [4.78, 5) is 2.40. The van der Waals surface area contributed by atoms with E-state index < -0.39 is 0 Å². The summed E-state index contributed by atoms with van der Waals surface area (Å²) in [5, 5.41) is 0. The molecule has 0 aromatic carbocycles. The van der Waals surface area contributed by atoms with E-state index >= 15 is 0 Å². The molecule has 1 aliphatic heterocycles. The van der Waals surface area contributed by atoms with Crippen molar-refractivity contribution in [1.82, 2.24) is 4.90 Å². The molecule has 1 heterocycles. The Labute approximate surface area is 80.9 Å². The number of hydrogen-bond acceptors (Lipinski definition) is 3. The van der Waals surface area contributed by atoms with Gasteiger partial charge in [-0.15, -0.1) is 12.4 Å². The fourth-order valence-electron chi connectivity index (χ4n) is 1.68. The molecule has 2 unspecified atom stereocenters. The second-order valence-electron chi connectivity index (χ2n) is 3.63. The maximum Gasteiger partial charge on any atom is 0.0139 e. The highest BCUT2D eigenvalue weighted by Crippen LogP contribution is 2.14. The van der Waals surface area contributed by atoms with E-state index in [0.29, 0.717) is 12.0 Å². The predicted molar refractivity (Wildman–Crippen MR) is 54.5 cm³/mol. The molecule has 1 saturated heterocycles. The highest BCUT2D eigenvalue weighted by atomic mass is 35.5. The lowest BCUT2D eigenvalue weighted by atomic mass is 10.1. The molecule has 0 aromatic rings. The zero-order chi connectivity index (χ0) is 8.27. The molecule has 0 aromatic heterocycles. The van der Waals surface area contributed by atoms with E-state index in [4.69, 9.17) is 11.5 Å². The summed E-state index contributed by atoms with van der Waals surface area (Å²) in [6.45, 7) is 6.24. The van der Waals surface area contributed by atoms with E-state index in [2.05, 4.69) is 11.8 Å². The maximum absolute atomic E-state index is 5.69. The van der Waals surface area contributed by atoms with Gasteiger partial charge in [-0.3, -0.25) is 0 Å². The minimum Gasteiger partial charge on any atom is -0.330 e. The van der Waals surface area contributed by atoms with Gasteiger partial charge < -0.3 is 16.4 Å². The van der Waals surface area contributed by atoms with E-state index in [1.165, 1.54) is 13.0 Å². The third kappa shape index (κ3) is 3.72. The molecule has 3 nitrogen and oxygen atoms in total. The van der Waals surface area contributed by atoms with Gasteiger partial charge in [0.1, 0.15) is 0 Å². The van der Waals surface area contributed by atoms with Gasteiger partial charge in [-0.1, -0.05) is 0 Å². The van der Waals surface area contributed by atoms with Gasteiger partial charge in [-0.25, -0.2) is 0 Å². The molecule has 0 spiro atoms. The van der Waals surface area contributed by atoms with E-state index in [0.717, 1.165) is 19.6 Å². The van der Waals surface area contributed by atoms with E-state index in [-0.39, 0.29) is 12.4 Å². The SMILES string of the molecule is CC(N)CN1CCC(CN)C1.Cl. The summed E-state index contributed by atoms with van der Waals surface area (Å²) in [6, 6.07) is 0.298. The van der Waals surface area contributed by atoms with Gasteiger partial charge in [-0.05, 0) is 32.4 Å². The zero-order valence-electron chi connectivity index (χ0n) is 7.70.